The van der Waals surface area contributed by atoms with Gasteiger partial charge >= 0.3 is 5.97 Å². The molecule has 2 amide bonds. The first kappa shape index (κ1) is 32.0. The number of ether oxygens (including phenoxy) is 1. The van der Waals surface area contributed by atoms with E-state index < -0.39 is 29.7 Å². The Bertz CT molecular complexity index is 883. The molecule has 206 valence electrons. The Morgan fingerprint density at radius 3 is 2.24 bits per heavy atom. The molecule has 37 heavy (non-hydrogen) atoms. The second-order valence-electron chi connectivity index (χ2n) is 9.30. The van der Waals surface area contributed by atoms with E-state index in [-0.39, 0.29) is 43.9 Å². The molecule has 1 rings (SSSR count). The van der Waals surface area contributed by atoms with Crippen molar-refractivity contribution in [2.45, 2.75) is 90.5 Å². The van der Waals surface area contributed by atoms with Gasteiger partial charge in [-0.3, -0.25) is 19.2 Å². The lowest BCUT2D eigenvalue weighted by atomic mass is 9.92. The van der Waals surface area contributed by atoms with E-state index in [0.29, 0.717) is 37.9 Å². The molecule has 0 aliphatic carbocycles. The molecule has 0 aromatic heterocycles. The minimum Gasteiger partial charge on any atom is -0.480 e. The highest BCUT2D eigenvalue weighted by Crippen LogP contribution is 2.19. The van der Waals surface area contributed by atoms with E-state index in [0.717, 1.165) is 19.3 Å². The summed E-state index contributed by atoms with van der Waals surface area (Å²) in [5.41, 5.74) is 7.29. The summed E-state index contributed by atoms with van der Waals surface area (Å²) >= 11 is 0. The molecule has 9 heteroatoms. The lowest BCUT2D eigenvalue weighted by Gasteiger charge is -2.14. The van der Waals surface area contributed by atoms with Crippen LogP contribution < -0.4 is 11.1 Å². The Morgan fingerprint density at radius 2 is 1.65 bits per heavy atom. The van der Waals surface area contributed by atoms with E-state index in [1.807, 2.05) is 12.1 Å². The predicted octanol–water partition coefficient (Wildman–Crippen LogP) is 3.61. The SMILES string of the molecule is CCCCc1ccc(C(=O)CC(CCCCCC(=O)CCC(NC(=O)COCC)C(=O)O)C(N)=O)cc1. The lowest BCUT2D eigenvalue weighted by molar-refractivity contribution is -0.142. The van der Waals surface area contributed by atoms with Gasteiger partial charge in [0.25, 0.3) is 0 Å². The van der Waals surface area contributed by atoms with Crippen molar-refractivity contribution in [2.24, 2.45) is 11.7 Å². The largest absolute Gasteiger partial charge is 0.480 e. The fraction of sp³-hybridized carbons (Fsp3) is 0.607. The Hall–Kier alpha value is -3.07. The summed E-state index contributed by atoms with van der Waals surface area (Å²) in [6.07, 6.45) is 5.97. The van der Waals surface area contributed by atoms with Crippen LogP contribution in [0.2, 0.25) is 0 Å². The number of nitrogens with one attached hydrogen (secondary N) is 1. The van der Waals surface area contributed by atoms with Gasteiger partial charge in [-0.2, -0.15) is 0 Å². The Morgan fingerprint density at radius 1 is 0.946 bits per heavy atom. The van der Waals surface area contributed by atoms with Crippen LogP contribution in [0.4, 0.5) is 0 Å². The Balaban J connectivity index is 2.37. The molecule has 1 aromatic rings. The van der Waals surface area contributed by atoms with Crippen molar-refractivity contribution in [3.05, 3.63) is 35.4 Å². The zero-order valence-electron chi connectivity index (χ0n) is 22.1. The maximum Gasteiger partial charge on any atom is 0.326 e. The number of rotatable bonds is 21. The van der Waals surface area contributed by atoms with Crippen LogP contribution in [0.5, 0.6) is 0 Å². The molecule has 0 fully saturated rings. The van der Waals surface area contributed by atoms with Crippen molar-refractivity contribution in [3.63, 3.8) is 0 Å². The Labute approximate surface area is 219 Å². The number of carbonyl (C=O) groups excluding carboxylic acids is 4. The summed E-state index contributed by atoms with van der Waals surface area (Å²) in [5.74, 6) is -2.99. The van der Waals surface area contributed by atoms with Crippen LogP contribution in [-0.2, 0) is 30.3 Å². The highest BCUT2D eigenvalue weighted by Gasteiger charge is 2.22. The molecule has 0 bridgehead atoms. The van der Waals surface area contributed by atoms with Crippen molar-refractivity contribution >= 4 is 29.4 Å². The van der Waals surface area contributed by atoms with Crippen LogP contribution in [0.1, 0.15) is 94.0 Å². The van der Waals surface area contributed by atoms with E-state index in [1.165, 1.54) is 5.56 Å². The third-order valence-corrected chi connectivity index (χ3v) is 6.22. The number of aliphatic carboxylic acids is 1. The van der Waals surface area contributed by atoms with Crippen LogP contribution in [0.25, 0.3) is 0 Å². The molecule has 1 aromatic carbocycles. The molecular weight excluding hydrogens is 476 g/mol. The third kappa shape index (κ3) is 13.7. The smallest absolute Gasteiger partial charge is 0.326 e. The first-order chi connectivity index (χ1) is 17.7. The molecule has 9 nitrogen and oxygen atoms in total. The zero-order valence-corrected chi connectivity index (χ0v) is 22.1. The van der Waals surface area contributed by atoms with Gasteiger partial charge in [0, 0.05) is 37.4 Å². The molecule has 4 N–H and O–H groups in total. The summed E-state index contributed by atoms with van der Waals surface area (Å²) in [6.45, 7) is 3.97. The third-order valence-electron chi connectivity index (χ3n) is 6.22. The number of benzene rings is 1. The number of nitrogens with two attached hydrogens (primary N) is 1. The van der Waals surface area contributed by atoms with Gasteiger partial charge < -0.3 is 20.9 Å². The summed E-state index contributed by atoms with van der Waals surface area (Å²) < 4.78 is 4.95. The number of unbranched alkanes of at least 4 members (excludes halogenated alkanes) is 3. The molecule has 0 saturated carbocycles. The van der Waals surface area contributed by atoms with E-state index in [9.17, 15) is 29.1 Å². The summed E-state index contributed by atoms with van der Waals surface area (Å²) in [5, 5.41) is 11.6. The summed E-state index contributed by atoms with van der Waals surface area (Å²) in [6, 6.07) is 6.37. The number of hydrogen-bond acceptors (Lipinski definition) is 6. The van der Waals surface area contributed by atoms with Crippen molar-refractivity contribution < 1.29 is 33.8 Å². The Kier molecular flexibility index (Phi) is 15.7. The zero-order chi connectivity index (χ0) is 27.6. The average Bonchev–Trinajstić information content (AvgIpc) is 2.87. The molecule has 0 heterocycles. The van der Waals surface area contributed by atoms with E-state index in [1.54, 1.807) is 19.1 Å². The summed E-state index contributed by atoms with van der Waals surface area (Å²) in [7, 11) is 0. The number of carboxylic acid groups (broad SMARTS) is 1. The van der Waals surface area contributed by atoms with Gasteiger partial charge in [0.05, 0.1) is 0 Å². The number of hydrogen-bond donors (Lipinski definition) is 3. The standard InChI is InChI=1S/C28H42N2O7/c1-3-5-9-20-12-14-21(15-13-20)25(32)18-22(27(29)34)10-7-6-8-11-23(31)16-17-24(28(35)36)30-26(33)19-37-4-2/h12-15,22,24H,3-11,16-19H2,1-2H3,(H2,29,34)(H,30,33)(H,35,36). The van der Waals surface area contributed by atoms with Gasteiger partial charge in [0.15, 0.2) is 5.78 Å². The van der Waals surface area contributed by atoms with Gasteiger partial charge in [0.2, 0.25) is 11.8 Å². The number of primary amides is 1. The molecular formula is C28H42N2O7. The normalized spacial score (nSPS) is 12.5. The minimum absolute atomic E-state index is 0.0114. The van der Waals surface area contributed by atoms with Gasteiger partial charge in [0.1, 0.15) is 18.4 Å². The van der Waals surface area contributed by atoms with Crippen LogP contribution >= 0.6 is 0 Å². The van der Waals surface area contributed by atoms with E-state index in [4.69, 9.17) is 10.5 Å². The van der Waals surface area contributed by atoms with E-state index >= 15 is 0 Å². The van der Waals surface area contributed by atoms with Gasteiger partial charge in [-0.1, -0.05) is 50.5 Å². The first-order valence-electron chi connectivity index (χ1n) is 13.2. The topological polar surface area (TPSA) is 153 Å². The number of carbonyl (C=O) groups is 5. The second kappa shape index (κ2) is 18.2. The van der Waals surface area contributed by atoms with Crippen molar-refractivity contribution in [1.29, 1.82) is 0 Å². The molecule has 0 aliphatic rings. The maximum absolute atomic E-state index is 12.6. The lowest BCUT2D eigenvalue weighted by Crippen LogP contribution is -2.42. The number of aryl methyl sites for hydroxylation is 1. The molecule has 2 atom stereocenters. The van der Waals surface area contributed by atoms with E-state index in [2.05, 4.69) is 12.2 Å². The van der Waals surface area contributed by atoms with Gasteiger partial charge in [-0.25, -0.2) is 4.79 Å². The molecule has 0 aliphatic heterocycles. The predicted molar refractivity (Wildman–Crippen MR) is 140 cm³/mol. The monoisotopic (exact) mass is 518 g/mol. The van der Waals surface area contributed by atoms with Crippen molar-refractivity contribution in [3.8, 4) is 0 Å². The molecule has 0 saturated heterocycles. The van der Waals surface area contributed by atoms with Crippen molar-refractivity contribution in [1.82, 2.24) is 5.32 Å². The summed E-state index contributed by atoms with van der Waals surface area (Å²) in [4.78, 5) is 59.7. The van der Waals surface area contributed by atoms with Crippen molar-refractivity contribution in [2.75, 3.05) is 13.2 Å². The highest BCUT2D eigenvalue weighted by molar-refractivity contribution is 5.98. The van der Waals surface area contributed by atoms with Crippen LogP contribution in [0.3, 0.4) is 0 Å². The van der Waals surface area contributed by atoms with Crippen LogP contribution in [0.15, 0.2) is 24.3 Å². The average molecular weight is 519 g/mol. The molecule has 0 radical (unpaired) electrons. The first-order valence-corrected chi connectivity index (χ1v) is 13.2. The van der Waals surface area contributed by atoms with Crippen LogP contribution in [-0.4, -0.2) is 53.7 Å². The molecule has 0 spiro atoms. The van der Waals surface area contributed by atoms with Gasteiger partial charge in [-0.15, -0.1) is 0 Å². The second-order valence-corrected chi connectivity index (χ2v) is 9.30. The number of Topliss-reactive ketones (excluding diaryl/α,β-unsaturated/α-hetero) is 2. The van der Waals surface area contributed by atoms with Crippen LogP contribution in [0, 0.1) is 5.92 Å². The molecule has 2 unspecified atom stereocenters. The fourth-order valence-electron chi connectivity index (χ4n) is 3.93. The fourth-order valence-corrected chi connectivity index (χ4v) is 3.93. The number of amides is 2. The minimum atomic E-state index is -1.20. The highest BCUT2D eigenvalue weighted by atomic mass is 16.5. The number of ketones is 2. The number of carboxylic acids is 1. The van der Waals surface area contributed by atoms with Gasteiger partial charge in [-0.05, 0) is 44.6 Å². The maximum atomic E-state index is 12.6. The quantitative estimate of drug-likeness (QED) is 0.166.